The topological polar surface area (TPSA) is 158 Å². The van der Waals surface area contributed by atoms with Gasteiger partial charge in [0.2, 0.25) is 21.4 Å². The van der Waals surface area contributed by atoms with E-state index in [2.05, 4.69) is 32.9 Å². The van der Waals surface area contributed by atoms with Crippen molar-refractivity contribution < 1.29 is 18.0 Å². The quantitative estimate of drug-likeness (QED) is 0.256. The molecule has 0 fully saturated rings. The summed E-state index contributed by atoms with van der Waals surface area (Å²) >= 11 is 0. The molecule has 0 radical (unpaired) electrons. The lowest BCUT2D eigenvalue weighted by molar-refractivity contribution is 0.0536. The van der Waals surface area contributed by atoms with E-state index in [0.717, 1.165) is 30.5 Å². The van der Waals surface area contributed by atoms with Gasteiger partial charge in [-0.25, -0.2) is 24.0 Å². The van der Waals surface area contributed by atoms with Gasteiger partial charge < -0.3 is 9.88 Å². The number of benzene rings is 2. The molecular formula is C29H32N6O5S. The number of carbonyl (C=O) groups is 1. The number of hydrogen-bond acceptors (Lipinski definition) is 8. The van der Waals surface area contributed by atoms with Gasteiger partial charge in [-0.15, -0.1) is 0 Å². The van der Waals surface area contributed by atoms with Crippen LogP contribution in [-0.2, 0) is 34.1 Å². The van der Waals surface area contributed by atoms with Gasteiger partial charge in [-0.2, -0.15) is 4.98 Å². The number of carbonyl (C=O) groups excluding carboxylic acids is 1. The molecule has 1 unspecified atom stereocenters. The largest absolute Gasteiger partial charge is 0.324 e. The number of aromatic nitrogens is 3. The monoisotopic (exact) mass is 576 g/mol. The van der Waals surface area contributed by atoms with Crippen molar-refractivity contribution in [2.24, 2.45) is 11.1 Å². The maximum Gasteiger partial charge on any atom is 0.280 e. The summed E-state index contributed by atoms with van der Waals surface area (Å²) in [4.78, 5) is 39.6. The van der Waals surface area contributed by atoms with Crippen LogP contribution in [-0.4, -0.2) is 41.2 Å². The van der Waals surface area contributed by atoms with Gasteiger partial charge in [0.25, 0.3) is 5.91 Å². The summed E-state index contributed by atoms with van der Waals surface area (Å²) in [6.45, 7) is 3.66. The second kappa shape index (κ2) is 11.4. The smallest absolute Gasteiger partial charge is 0.280 e. The van der Waals surface area contributed by atoms with Gasteiger partial charge in [0, 0.05) is 23.8 Å². The molecule has 214 valence electrons. The summed E-state index contributed by atoms with van der Waals surface area (Å²) in [6.07, 6.45) is 6.24. The Kier molecular flexibility index (Phi) is 7.89. The van der Waals surface area contributed by atoms with Crippen LogP contribution >= 0.6 is 0 Å². The molecule has 11 nitrogen and oxygen atoms in total. The van der Waals surface area contributed by atoms with E-state index in [0.29, 0.717) is 17.8 Å². The molecule has 2 aromatic carbocycles. The summed E-state index contributed by atoms with van der Waals surface area (Å²) in [5, 5.41) is 8.07. The molecular weight excluding hydrogens is 544 g/mol. The highest BCUT2D eigenvalue weighted by Crippen LogP contribution is 2.26. The number of aryl methyl sites for hydroxylation is 2. The Morgan fingerprint density at radius 3 is 2.54 bits per heavy atom. The normalized spacial score (nSPS) is 13.8. The van der Waals surface area contributed by atoms with Gasteiger partial charge >= 0.3 is 0 Å². The number of sulfonamides is 1. The van der Waals surface area contributed by atoms with E-state index >= 15 is 0 Å². The van der Waals surface area contributed by atoms with Crippen LogP contribution < -0.4 is 21.4 Å². The summed E-state index contributed by atoms with van der Waals surface area (Å²) in [7, 11) is -2.38. The standard InChI is InChI=1S/C29H32N6O5S/c1-17(2)25(41(30,38)39)13-18-7-10-21(11-8-18)32-29-31-15-23-26(36)24(28(37)34-40-3)16-35(27(23)33-29)22-12-9-19-5-4-6-20(19)14-22/h7-12,14-17,25H,4-6,13H2,1-3H3,(H,34,37)(H2,30,38,39)(H,31,32,33). The first kappa shape index (κ1) is 28.4. The zero-order valence-electron chi connectivity index (χ0n) is 23.0. The average Bonchev–Trinajstić information content (AvgIpc) is 3.40. The maximum atomic E-state index is 13.2. The van der Waals surface area contributed by atoms with Crippen LogP contribution in [0.5, 0.6) is 0 Å². The van der Waals surface area contributed by atoms with Crippen molar-refractivity contribution in [3.8, 4) is 5.69 Å². The summed E-state index contributed by atoms with van der Waals surface area (Å²) < 4.78 is 25.7. The molecule has 1 aliphatic rings. The van der Waals surface area contributed by atoms with Crippen LogP contribution in [0.15, 0.2) is 59.7 Å². The van der Waals surface area contributed by atoms with Crippen LogP contribution in [0.1, 0.15) is 47.3 Å². The molecule has 4 N–H and O–H groups in total. The second-order valence-corrected chi connectivity index (χ2v) is 12.3. The first-order valence-corrected chi connectivity index (χ1v) is 14.9. The number of hydrogen-bond donors (Lipinski definition) is 3. The van der Waals surface area contributed by atoms with Crippen LogP contribution in [0, 0.1) is 5.92 Å². The van der Waals surface area contributed by atoms with Gasteiger partial charge in [-0.3, -0.25) is 14.4 Å². The molecule has 1 amide bonds. The van der Waals surface area contributed by atoms with E-state index in [1.54, 1.807) is 16.7 Å². The lowest BCUT2D eigenvalue weighted by Gasteiger charge is -2.18. The highest BCUT2D eigenvalue weighted by Gasteiger charge is 2.25. The highest BCUT2D eigenvalue weighted by molar-refractivity contribution is 7.89. The molecule has 5 rings (SSSR count). The summed E-state index contributed by atoms with van der Waals surface area (Å²) in [5.74, 6) is -0.546. The average molecular weight is 577 g/mol. The number of rotatable bonds is 9. The van der Waals surface area contributed by atoms with E-state index in [1.165, 1.54) is 30.6 Å². The molecule has 0 saturated heterocycles. The Bertz CT molecular complexity index is 1780. The number of anilines is 2. The number of pyridine rings is 1. The minimum Gasteiger partial charge on any atom is -0.324 e. The van der Waals surface area contributed by atoms with Crippen molar-refractivity contribution in [3.63, 3.8) is 0 Å². The fraction of sp³-hybridized carbons (Fsp3) is 0.310. The van der Waals surface area contributed by atoms with Gasteiger partial charge in [0.1, 0.15) is 5.56 Å². The number of fused-ring (bicyclic) bond motifs is 2. The number of hydroxylamine groups is 1. The van der Waals surface area contributed by atoms with Crippen LogP contribution in [0.3, 0.4) is 0 Å². The molecule has 0 saturated carbocycles. The molecule has 4 aromatic rings. The Morgan fingerprint density at radius 2 is 1.85 bits per heavy atom. The zero-order valence-corrected chi connectivity index (χ0v) is 23.9. The Hall–Kier alpha value is -4.13. The molecule has 0 bridgehead atoms. The van der Waals surface area contributed by atoms with Gasteiger partial charge in [-0.05, 0) is 72.6 Å². The number of nitrogens with two attached hydrogens (primary N) is 1. The van der Waals surface area contributed by atoms with Crippen molar-refractivity contribution >= 4 is 38.6 Å². The van der Waals surface area contributed by atoms with Crippen molar-refractivity contribution in [2.45, 2.75) is 44.8 Å². The van der Waals surface area contributed by atoms with E-state index in [1.807, 2.05) is 32.0 Å². The predicted molar refractivity (Wildman–Crippen MR) is 157 cm³/mol. The fourth-order valence-electron chi connectivity index (χ4n) is 5.20. The Balaban J connectivity index is 1.51. The van der Waals surface area contributed by atoms with Crippen molar-refractivity contribution in [3.05, 3.63) is 87.3 Å². The van der Waals surface area contributed by atoms with E-state index in [9.17, 15) is 18.0 Å². The minimum atomic E-state index is -3.68. The lowest BCUT2D eigenvalue weighted by atomic mass is 10.0. The van der Waals surface area contributed by atoms with E-state index in [-0.39, 0.29) is 22.8 Å². The molecule has 1 aliphatic carbocycles. The molecule has 0 spiro atoms. The third-order valence-corrected chi connectivity index (χ3v) is 8.91. The minimum absolute atomic E-state index is 0.0982. The van der Waals surface area contributed by atoms with Crippen LogP contribution in [0.4, 0.5) is 11.6 Å². The van der Waals surface area contributed by atoms with Gasteiger partial charge in [0.15, 0.2) is 5.65 Å². The number of nitrogens with zero attached hydrogens (tertiary/aromatic N) is 3. The third kappa shape index (κ3) is 5.99. The fourth-order valence-corrected chi connectivity index (χ4v) is 6.39. The van der Waals surface area contributed by atoms with Gasteiger partial charge in [0.05, 0.1) is 17.7 Å². The lowest BCUT2D eigenvalue weighted by Crippen LogP contribution is -2.34. The van der Waals surface area contributed by atoms with E-state index < -0.39 is 26.6 Å². The number of amides is 1. The predicted octanol–water partition coefficient (Wildman–Crippen LogP) is 3.16. The number of primary sulfonamides is 1. The first-order valence-electron chi connectivity index (χ1n) is 13.3. The highest BCUT2D eigenvalue weighted by atomic mass is 32.2. The first-order chi connectivity index (χ1) is 19.5. The second-order valence-electron chi connectivity index (χ2n) is 10.5. The molecule has 1 atom stereocenters. The SMILES string of the molecule is CONC(=O)c1cn(-c2ccc3c(c2)CCC3)c2nc(Nc3ccc(CC(C(C)C)S(N)(=O)=O)cc3)ncc2c1=O. The molecule has 0 aliphatic heterocycles. The zero-order chi connectivity index (χ0) is 29.3. The molecule has 41 heavy (non-hydrogen) atoms. The summed E-state index contributed by atoms with van der Waals surface area (Å²) in [5.41, 5.74) is 6.73. The van der Waals surface area contributed by atoms with Crippen molar-refractivity contribution in [1.82, 2.24) is 20.0 Å². The number of nitrogens with one attached hydrogen (secondary N) is 2. The van der Waals surface area contributed by atoms with Crippen molar-refractivity contribution in [2.75, 3.05) is 12.4 Å². The van der Waals surface area contributed by atoms with E-state index in [4.69, 9.17) is 9.98 Å². The maximum absolute atomic E-state index is 13.2. The van der Waals surface area contributed by atoms with Crippen LogP contribution in [0.2, 0.25) is 0 Å². The molecule has 2 aromatic heterocycles. The third-order valence-electron chi connectivity index (χ3n) is 7.36. The van der Waals surface area contributed by atoms with Gasteiger partial charge in [-0.1, -0.05) is 32.0 Å². The van der Waals surface area contributed by atoms with Crippen molar-refractivity contribution in [1.29, 1.82) is 0 Å². The molecule has 12 heteroatoms. The Labute approximate surface area is 237 Å². The Morgan fingerprint density at radius 1 is 1.12 bits per heavy atom. The summed E-state index contributed by atoms with van der Waals surface area (Å²) in [6, 6.07) is 13.3. The van der Waals surface area contributed by atoms with Crippen LogP contribution in [0.25, 0.3) is 16.7 Å². The molecule has 2 heterocycles.